The molecular formula is C15H20N2O2S. The molecule has 0 atom stereocenters. The highest BCUT2D eigenvalue weighted by Crippen LogP contribution is 2.47. The van der Waals surface area contributed by atoms with Gasteiger partial charge in [-0.15, -0.1) is 11.8 Å². The highest BCUT2D eigenvalue weighted by molar-refractivity contribution is 8.01. The molecule has 2 N–H and O–H groups in total. The number of fused-ring (bicyclic) bond motifs is 1. The molecule has 0 aliphatic carbocycles. The molecule has 2 heterocycles. The van der Waals surface area contributed by atoms with E-state index in [2.05, 4.69) is 0 Å². The van der Waals surface area contributed by atoms with Crippen LogP contribution in [0.3, 0.4) is 0 Å². The minimum atomic E-state index is -0.445. The van der Waals surface area contributed by atoms with Crippen LogP contribution in [0.25, 0.3) is 0 Å². The van der Waals surface area contributed by atoms with Gasteiger partial charge in [-0.2, -0.15) is 0 Å². The number of thioether (sulfide) groups is 1. The van der Waals surface area contributed by atoms with E-state index in [0.717, 1.165) is 42.3 Å². The predicted molar refractivity (Wildman–Crippen MR) is 82.1 cm³/mol. The van der Waals surface area contributed by atoms with Gasteiger partial charge in [-0.05, 0) is 44.9 Å². The predicted octanol–water partition coefficient (Wildman–Crippen LogP) is 2.67. The number of amides is 1. The van der Waals surface area contributed by atoms with Crippen molar-refractivity contribution in [1.82, 2.24) is 0 Å². The van der Waals surface area contributed by atoms with Crippen molar-refractivity contribution in [3.8, 4) is 0 Å². The van der Waals surface area contributed by atoms with Gasteiger partial charge in [-0.1, -0.05) is 0 Å². The van der Waals surface area contributed by atoms with Gasteiger partial charge in [0.15, 0.2) is 0 Å². The second kappa shape index (κ2) is 4.97. The molecule has 0 saturated carbocycles. The van der Waals surface area contributed by atoms with Crippen molar-refractivity contribution < 1.29 is 9.53 Å². The number of rotatable bonds is 1. The molecule has 1 saturated heterocycles. The lowest BCUT2D eigenvalue weighted by atomic mass is 10.0. The minimum absolute atomic E-state index is 0.187. The zero-order chi connectivity index (χ0) is 14.3. The maximum Gasteiger partial charge on any atom is 0.243 e. The van der Waals surface area contributed by atoms with E-state index >= 15 is 0 Å². The van der Waals surface area contributed by atoms with E-state index < -0.39 is 4.75 Å². The molecule has 0 bridgehead atoms. The summed E-state index contributed by atoms with van der Waals surface area (Å²) in [6.07, 6.45) is 1.80. The number of carbonyl (C=O) groups is 1. The minimum Gasteiger partial charge on any atom is -0.399 e. The largest absolute Gasteiger partial charge is 0.399 e. The summed E-state index contributed by atoms with van der Waals surface area (Å²) >= 11 is 1.60. The Bertz CT molecular complexity index is 539. The van der Waals surface area contributed by atoms with Crippen molar-refractivity contribution in [2.24, 2.45) is 0 Å². The van der Waals surface area contributed by atoms with Crippen molar-refractivity contribution in [1.29, 1.82) is 0 Å². The molecule has 0 radical (unpaired) electrons. The van der Waals surface area contributed by atoms with Gasteiger partial charge < -0.3 is 15.4 Å². The molecule has 1 amide bonds. The number of nitrogens with zero attached hydrogens (tertiary/aromatic N) is 1. The number of nitrogens with two attached hydrogens (primary N) is 1. The first-order chi connectivity index (χ1) is 9.49. The van der Waals surface area contributed by atoms with Gasteiger partial charge in [0.05, 0.1) is 10.4 Å². The lowest BCUT2D eigenvalue weighted by Crippen LogP contribution is -2.52. The van der Waals surface area contributed by atoms with E-state index in [-0.39, 0.29) is 11.9 Å². The van der Waals surface area contributed by atoms with Crippen molar-refractivity contribution >= 4 is 29.0 Å². The molecule has 0 aromatic heterocycles. The SMILES string of the molecule is CC1(C)Sc2cc(N)ccc2N(C2CCOCC2)C1=O. The zero-order valence-electron chi connectivity index (χ0n) is 11.9. The Hall–Kier alpha value is -1.20. The van der Waals surface area contributed by atoms with Crippen molar-refractivity contribution in [2.75, 3.05) is 23.8 Å². The summed E-state index contributed by atoms with van der Waals surface area (Å²) in [4.78, 5) is 15.9. The van der Waals surface area contributed by atoms with Crippen LogP contribution in [0, 0.1) is 0 Å². The third kappa shape index (κ3) is 2.29. The molecule has 1 aromatic carbocycles. The van der Waals surface area contributed by atoms with Crippen LogP contribution >= 0.6 is 11.8 Å². The first-order valence-corrected chi connectivity index (χ1v) is 7.80. The number of carbonyl (C=O) groups excluding carboxylic acids is 1. The van der Waals surface area contributed by atoms with E-state index in [4.69, 9.17) is 10.5 Å². The second-order valence-corrected chi connectivity index (χ2v) is 7.52. The van der Waals surface area contributed by atoms with Gasteiger partial charge in [-0.3, -0.25) is 4.79 Å². The van der Waals surface area contributed by atoms with E-state index in [1.807, 2.05) is 36.9 Å². The van der Waals surface area contributed by atoms with Crippen molar-refractivity contribution in [3.05, 3.63) is 18.2 Å². The third-order valence-electron chi connectivity index (χ3n) is 3.90. The summed E-state index contributed by atoms with van der Waals surface area (Å²) in [7, 11) is 0. The molecular weight excluding hydrogens is 272 g/mol. The average molecular weight is 292 g/mol. The van der Waals surface area contributed by atoms with Crippen LogP contribution in [0.2, 0.25) is 0 Å². The quantitative estimate of drug-likeness (QED) is 0.809. The van der Waals surface area contributed by atoms with E-state index in [0.29, 0.717) is 0 Å². The topological polar surface area (TPSA) is 55.6 Å². The highest BCUT2D eigenvalue weighted by atomic mass is 32.2. The summed E-state index contributed by atoms with van der Waals surface area (Å²) in [5.74, 6) is 0.187. The standard InChI is InChI=1S/C15H20N2O2S/c1-15(2)14(18)17(11-5-7-19-8-6-11)12-4-3-10(16)9-13(12)20-15/h3-4,9,11H,5-8,16H2,1-2H3. The highest BCUT2D eigenvalue weighted by Gasteiger charge is 2.42. The van der Waals surface area contributed by atoms with Crippen molar-refractivity contribution in [2.45, 2.75) is 42.4 Å². The molecule has 2 aliphatic rings. The second-order valence-electron chi connectivity index (χ2n) is 5.86. The summed E-state index contributed by atoms with van der Waals surface area (Å²) in [5, 5.41) is 0. The fraction of sp³-hybridized carbons (Fsp3) is 0.533. The van der Waals surface area contributed by atoms with Crippen LogP contribution in [0.4, 0.5) is 11.4 Å². The summed E-state index contributed by atoms with van der Waals surface area (Å²) in [6.45, 7) is 5.43. The van der Waals surface area contributed by atoms with E-state index in [1.54, 1.807) is 11.8 Å². The number of benzene rings is 1. The van der Waals surface area contributed by atoms with Crippen LogP contribution in [0.5, 0.6) is 0 Å². The number of ether oxygens (including phenoxy) is 1. The molecule has 108 valence electrons. The Morgan fingerprint density at radius 3 is 2.75 bits per heavy atom. The smallest absolute Gasteiger partial charge is 0.243 e. The Kier molecular flexibility index (Phi) is 3.42. The Morgan fingerprint density at radius 1 is 1.35 bits per heavy atom. The molecule has 4 nitrogen and oxygen atoms in total. The van der Waals surface area contributed by atoms with Gasteiger partial charge in [0.25, 0.3) is 0 Å². The molecule has 0 unspecified atom stereocenters. The van der Waals surface area contributed by atoms with Gasteiger partial charge in [0.2, 0.25) is 5.91 Å². The van der Waals surface area contributed by atoms with Gasteiger partial charge in [0.1, 0.15) is 0 Å². The average Bonchev–Trinajstić information content (AvgIpc) is 2.41. The fourth-order valence-electron chi connectivity index (χ4n) is 2.84. The van der Waals surface area contributed by atoms with E-state index in [1.165, 1.54) is 0 Å². The van der Waals surface area contributed by atoms with E-state index in [9.17, 15) is 4.79 Å². The fourth-order valence-corrected chi connectivity index (χ4v) is 4.04. The normalized spacial score (nSPS) is 22.7. The Morgan fingerprint density at radius 2 is 2.05 bits per heavy atom. The van der Waals surface area contributed by atoms with Gasteiger partial charge >= 0.3 is 0 Å². The summed E-state index contributed by atoms with van der Waals surface area (Å²) < 4.78 is 4.98. The van der Waals surface area contributed by atoms with Gasteiger partial charge in [0, 0.05) is 29.8 Å². The van der Waals surface area contributed by atoms with Gasteiger partial charge in [-0.25, -0.2) is 0 Å². The number of hydrogen-bond donors (Lipinski definition) is 1. The Balaban J connectivity index is 2.04. The third-order valence-corrected chi connectivity index (χ3v) is 5.13. The van der Waals surface area contributed by atoms with Crippen molar-refractivity contribution in [3.63, 3.8) is 0 Å². The Labute approximate surface area is 123 Å². The summed E-state index contributed by atoms with van der Waals surface area (Å²) in [5.41, 5.74) is 7.64. The molecule has 1 fully saturated rings. The molecule has 5 heteroatoms. The maximum absolute atomic E-state index is 12.8. The molecule has 0 spiro atoms. The maximum atomic E-state index is 12.8. The zero-order valence-corrected chi connectivity index (χ0v) is 12.7. The lowest BCUT2D eigenvalue weighted by molar-refractivity contribution is -0.121. The summed E-state index contributed by atoms with van der Waals surface area (Å²) in [6, 6.07) is 6.05. The number of nitrogen functional groups attached to an aromatic ring is 1. The first-order valence-electron chi connectivity index (χ1n) is 6.99. The van der Waals surface area contributed by atoms with Crippen LogP contribution in [0.15, 0.2) is 23.1 Å². The monoisotopic (exact) mass is 292 g/mol. The van der Waals surface area contributed by atoms with Crippen LogP contribution in [0.1, 0.15) is 26.7 Å². The van der Waals surface area contributed by atoms with Crippen LogP contribution < -0.4 is 10.6 Å². The molecule has 3 rings (SSSR count). The number of hydrogen-bond acceptors (Lipinski definition) is 4. The molecule has 20 heavy (non-hydrogen) atoms. The number of anilines is 2. The molecule has 1 aromatic rings. The van der Waals surface area contributed by atoms with Crippen LogP contribution in [-0.2, 0) is 9.53 Å². The molecule has 2 aliphatic heterocycles. The first kappa shape index (κ1) is 13.8. The lowest BCUT2D eigenvalue weighted by Gasteiger charge is -2.43. The van der Waals surface area contributed by atoms with Crippen LogP contribution in [-0.4, -0.2) is 29.9 Å².